The molecule has 0 spiro atoms. The average molecular weight is 272 g/mol. The highest BCUT2D eigenvalue weighted by Gasteiger charge is 1.98. The maximum absolute atomic E-state index is 5.13. The Morgan fingerprint density at radius 3 is 2.60 bits per heavy atom. The molecule has 2 N–H and O–H groups in total. The Morgan fingerprint density at radius 2 is 2.05 bits per heavy atom. The number of methoxy groups -OCH3 is 1. The normalized spacial score (nSPS) is 12.1. The van der Waals surface area contributed by atoms with Crippen molar-refractivity contribution in [3.8, 4) is 5.75 Å². The van der Waals surface area contributed by atoms with Gasteiger partial charge in [0.15, 0.2) is 0 Å². The molecule has 0 aliphatic carbocycles. The standard InChI is InChI=1S/C16H21N3O/c1-5-6-14(11-12-17-2)13-18-19(3)15-7-9-16(20-4)10-8-15/h5-13,17H,1H2,2-4H3/p+1/b12-11-,14-6+,18-13+. The molecule has 0 amide bonds. The highest BCUT2D eigenvalue weighted by Crippen LogP contribution is 2.18. The number of benzene rings is 1. The average Bonchev–Trinajstić information content (AvgIpc) is 2.49. The van der Waals surface area contributed by atoms with Gasteiger partial charge >= 0.3 is 0 Å². The van der Waals surface area contributed by atoms with Crippen molar-refractivity contribution in [2.45, 2.75) is 0 Å². The molecule has 0 aromatic heterocycles. The molecule has 1 aromatic rings. The summed E-state index contributed by atoms with van der Waals surface area (Å²) in [5.41, 5.74) is 1.98. The second kappa shape index (κ2) is 8.72. The molecule has 4 nitrogen and oxygen atoms in total. The minimum atomic E-state index is 0.833. The van der Waals surface area contributed by atoms with E-state index < -0.39 is 0 Å². The van der Waals surface area contributed by atoms with Crippen molar-refractivity contribution >= 4 is 11.9 Å². The Hall–Kier alpha value is -2.33. The van der Waals surface area contributed by atoms with E-state index in [4.69, 9.17) is 4.74 Å². The maximum atomic E-state index is 5.13. The van der Waals surface area contributed by atoms with E-state index in [0.717, 1.165) is 17.0 Å². The molecule has 20 heavy (non-hydrogen) atoms. The van der Waals surface area contributed by atoms with Gasteiger partial charge < -0.3 is 10.1 Å². The van der Waals surface area contributed by atoms with Crippen LogP contribution in [0.3, 0.4) is 0 Å². The van der Waals surface area contributed by atoms with Crippen LogP contribution in [0, 0.1) is 0 Å². The van der Waals surface area contributed by atoms with Gasteiger partial charge in [0.25, 0.3) is 0 Å². The summed E-state index contributed by atoms with van der Waals surface area (Å²) in [6, 6.07) is 7.74. The molecule has 1 aromatic carbocycles. The molecule has 0 saturated carbocycles. The molecule has 0 atom stereocenters. The number of nitrogens with two attached hydrogens (primary N) is 1. The molecule has 0 aliphatic heterocycles. The topological polar surface area (TPSA) is 41.4 Å². The second-order valence-electron chi connectivity index (χ2n) is 4.06. The summed E-state index contributed by atoms with van der Waals surface area (Å²) in [5, 5.41) is 8.18. The first-order valence-electron chi connectivity index (χ1n) is 6.41. The van der Waals surface area contributed by atoms with Crippen molar-refractivity contribution in [2.75, 3.05) is 26.2 Å². The summed E-state index contributed by atoms with van der Waals surface area (Å²) >= 11 is 0. The first-order valence-corrected chi connectivity index (χ1v) is 6.41. The summed E-state index contributed by atoms with van der Waals surface area (Å²) in [6.07, 6.45) is 9.40. The highest BCUT2D eigenvalue weighted by molar-refractivity contribution is 5.83. The summed E-state index contributed by atoms with van der Waals surface area (Å²) in [7, 11) is 5.53. The number of hydrogen-bond donors (Lipinski definition) is 1. The van der Waals surface area contributed by atoms with Crippen LogP contribution in [0.4, 0.5) is 5.69 Å². The highest BCUT2D eigenvalue weighted by atomic mass is 16.5. The summed E-state index contributed by atoms with van der Waals surface area (Å²) in [4.78, 5) is 0. The van der Waals surface area contributed by atoms with Crippen LogP contribution < -0.4 is 15.1 Å². The Bertz CT molecular complexity index is 501. The lowest BCUT2D eigenvalue weighted by atomic mass is 10.2. The molecular weight excluding hydrogens is 250 g/mol. The van der Waals surface area contributed by atoms with Gasteiger partial charge in [0.2, 0.25) is 0 Å². The molecule has 4 heteroatoms. The number of allylic oxidation sites excluding steroid dienone is 4. The predicted octanol–water partition coefficient (Wildman–Crippen LogP) is 1.94. The van der Waals surface area contributed by atoms with Crippen LogP contribution in [-0.4, -0.2) is 27.4 Å². The van der Waals surface area contributed by atoms with E-state index in [-0.39, 0.29) is 0 Å². The smallest absolute Gasteiger partial charge is 0.119 e. The van der Waals surface area contributed by atoms with Gasteiger partial charge in [-0.05, 0) is 29.8 Å². The zero-order chi connectivity index (χ0) is 14.8. The third-order valence-corrected chi connectivity index (χ3v) is 2.62. The fraction of sp³-hybridized carbons (Fsp3) is 0.188. The third kappa shape index (κ3) is 5.12. The number of rotatable bonds is 7. The maximum Gasteiger partial charge on any atom is 0.119 e. The largest absolute Gasteiger partial charge is 0.497 e. The molecule has 0 unspecified atom stereocenters. The minimum Gasteiger partial charge on any atom is -0.497 e. The summed E-state index contributed by atoms with van der Waals surface area (Å²) < 4.78 is 5.13. The molecule has 0 fully saturated rings. The van der Waals surface area contributed by atoms with Gasteiger partial charge in [0, 0.05) is 13.1 Å². The van der Waals surface area contributed by atoms with E-state index in [1.807, 2.05) is 62.0 Å². The monoisotopic (exact) mass is 272 g/mol. The minimum absolute atomic E-state index is 0.833. The summed E-state index contributed by atoms with van der Waals surface area (Å²) in [6.45, 7) is 3.70. The van der Waals surface area contributed by atoms with Crippen LogP contribution >= 0.6 is 0 Å². The lowest BCUT2D eigenvalue weighted by Gasteiger charge is -2.13. The van der Waals surface area contributed by atoms with Gasteiger partial charge in [-0.1, -0.05) is 18.7 Å². The van der Waals surface area contributed by atoms with Crippen molar-refractivity contribution < 1.29 is 10.1 Å². The van der Waals surface area contributed by atoms with Crippen molar-refractivity contribution in [1.82, 2.24) is 0 Å². The fourth-order valence-corrected chi connectivity index (χ4v) is 1.50. The Morgan fingerprint density at radius 1 is 1.35 bits per heavy atom. The molecule has 0 bridgehead atoms. The van der Waals surface area contributed by atoms with Crippen molar-refractivity contribution in [1.29, 1.82) is 0 Å². The molecule has 0 heterocycles. The van der Waals surface area contributed by atoms with Gasteiger partial charge in [-0.15, -0.1) is 0 Å². The van der Waals surface area contributed by atoms with E-state index in [9.17, 15) is 0 Å². The lowest BCUT2D eigenvalue weighted by Crippen LogP contribution is -2.72. The van der Waals surface area contributed by atoms with Gasteiger partial charge in [-0.25, -0.2) is 0 Å². The number of nitrogens with zero attached hydrogens (tertiary/aromatic N) is 2. The Kier molecular flexibility index (Phi) is 6.85. The van der Waals surface area contributed by atoms with Crippen molar-refractivity contribution in [2.24, 2.45) is 5.10 Å². The van der Waals surface area contributed by atoms with E-state index in [1.54, 1.807) is 24.4 Å². The second-order valence-corrected chi connectivity index (χ2v) is 4.06. The molecule has 0 radical (unpaired) electrons. The number of quaternary nitrogens is 1. The van der Waals surface area contributed by atoms with Crippen LogP contribution in [-0.2, 0) is 0 Å². The van der Waals surface area contributed by atoms with E-state index in [2.05, 4.69) is 11.7 Å². The van der Waals surface area contributed by atoms with Gasteiger partial charge in [-0.2, -0.15) is 5.10 Å². The van der Waals surface area contributed by atoms with Crippen molar-refractivity contribution in [3.63, 3.8) is 0 Å². The molecular formula is C16H22N3O+. The van der Waals surface area contributed by atoms with Crippen molar-refractivity contribution in [3.05, 3.63) is 60.8 Å². The quantitative estimate of drug-likeness (QED) is 0.468. The number of hydrogen-bond acceptors (Lipinski definition) is 3. The van der Waals surface area contributed by atoms with Gasteiger partial charge in [0.05, 0.1) is 32.3 Å². The third-order valence-electron chi connectivity index (χ3n) is 2.62. The Balaban J connectivity index is 2.78. The lowest BCUT2D eigenvalue weighted by molar-refractivity contribution is -0.556. The summed E-state index contributed by atoms with van der Waals surface area (Å²) in [5.74, 6) is 0.833. The molecule has 106 valence electrons. The zero-order valence-electron chi connectivity index (χ0n) is 12.3. The van der Waals surface area contributed by atoms with E-state index in [0.29, 0.717) is 0 Å². The zero-order valence-corrected chi connectivity index (χ0v) is 12.3. The SMILES string of the molecule is C=C/C=C(\C=C/[NH2+]C)/C=N/N(C)c1ccc(OC)cc1. The van der Waals surface area contributed by atoms with Crippen LogP contribution in [0.15, 0.2) is 65.9 Å². The van der Waals surface area contributed by atoms with Crippen LogP contribution in [0.2, 0.25) is 0 Å². The Labute approximate surface area is 120 Å². The first kappa shape index (κ1) is 15.7. The number of anilines is 1. The molecule has 1 rings (SSSR count). The van der Waals surface area contributed by atoms with E-state index in [1.165, 1.54) is 0 Å². The molecule has 0 saturated heterocycles. The van der Waals surface area contributed by atoms with E-state index >= 15 is 0 Å². The molecule has 0 aliphatic rings. The number of ether oxygens (including phenoxy) is 1. The van der Waals surface area contributed by atoms with Gasteiger partial charge in [0.1, 0.15) is 5.75 Å². The first-order chi connectivity index (χ1) is 9.71. The number of hydrazone groups is 1. The van der Waals surface area contributed by atoms with Gasteiger partial charge in [-0.3, -0.25) is 5.01 Å². The fourth-order valence-electron chi connectivity index (χ4n) is 1.50. The van der Waals surface area contributed by atoms with Crippen LogP contribution in [0.1, 0.15) is 0 Å². The van der Waals surface area contributed by atoms with Crippen LogP contribution in [0.25, 0.3) is 0 Å². The van der Waals surface area contributed by atoms with Crippen LogP contribution in [0.5, 0.6) is 5.75 Å². The predicted molar refractivity (Wildman–Crippen MR) is 85.2 cm³/mol.